The van der Waals surface area contributed by atoms with Gasteiger partial charge in [-0.3, -0.25) is 14.9 Å². The van der Waals surface area contributed by atoms with Crippen LogP contribution in [0.2, 0.25) is 5.02 Å². The second kappa shape index (κ2) is 9.13. The molecule has 0 radical (unpaired) electrons. The number of methoxy groups -OCH3 is 2. The highest BCUT2D eigenvalue weighted by Gasteiger charge is 2.34. The highest BCUT2D eigenvalue weighted by Crippen LogP contribution is 2.35. The van der Waals surface area contributed by atoms with Gasteiger partial charge in [0.1, 0.15) is 16.5 Å². The van der Waals surface area contributed by atoms with Crippen LogP contribution in [0.4, 0.5) is 10.8 Å². The molecule has 166 valence electrons. The van der Waals surface area contributed by atoms with Crippen molar-refractivity contribution in [1.82, 2.24) is 10.2 Å². The summed E-state index contributed by atoms with van der Waals surface area (Å²) in [4.78, 5) is 27.0. The molecule has 4 rings (SSSR count). The molecule has 2 aromatic carbocycles. The van der Waals surface area contributed by atoms with Gasteiger partial charge < -0.3 is 14.4 Å². The fourth-order valence-electron chi connectivity index (χ4n) is 3.47. The van der Waals surface area contributed by atoms with Crippen LogP contribution in [0.5, 0.6) is 11.5 Å². The van der Waals surface area contributed by atoms with Gasteiger partial charge in [0.05, 0.1) is 19.8 Å². The van der Waals surface area contributed by atoms with Crippen molar-refractivity contribution in [3.05, 3.63) is 57.6 Å². The Morgan fingerprint density at radius 3 is 2.72 bits per heavy atom. The lowest BCUT2D eigenvalue weighted by Crippen LogP contribution is -2.24. The number of aromatic nitrogens is 2. The predicted octanol–water partition coefficient (Wildman–Crippen LogP) is 4.29. The van der Waals surface area contributed by atoms with Gasteiger partial charge in [-0.25, -0.2) is 0 Å². The molecule has 3 aromatic rings. The van der Waals surface area contributed by atoms with Crippen LogP contribution in [-0.2, 0) is 4.79 Å². The zero-order valence-electron chi connectivity index (χ0n) is 17.7. The Morgan fingerprint density at radius 2 is 2.00 bits per heavy atom. The Kier molecular flexibility index (Phi) is 6.29. The Hall–Kier alpha value is -3.17. The lowest BCUT2D eigenvalue weighted by molar-refractivity contribution is -0.117. The van der Waals surface area contributed by atoms with E-state index in [-0.39, 0.29) is 17.7 Å². The Bertz CT molecular complexity index is 1180. The Labute approximate surface area is 194 Å². The molecule has 0 bridgehead atoms. The summed E-state index contributed by atoms with van der Waals surface area (Å²) in [5, 5.41) is 12.7. The van der Waals surface area contributed by atoms with Crippen molar-refractivity contribution < 1.29 is 19.1 Å². The normalized spacial score (nSPS) is 15.7. The van der Waals surface area contributed by atoms with Crippen LogP contribution in [0.1, 0.15) is 33.3 Å². The average Bonchev–Trinajstić information content (AvgIpc) is 3.41. The van der Waals surface area contributed by atoms with Gasteiger partial charge in [-0.2, -0.15) is 0 Å². The lowest BCUT2D eigenvalue weighted by Gasteiger charge is -2.17. The van der Waals surface area contributed by atoms with Crippen molar-refractivity contribution in [1.29, 1.82) is 0 Å². The first-order valence-corrected chi connectivity index (χ1v) is 11.0. The number of hydrogen-bond donors (Lipinski definition) is 1. The maximum atomic E-state index is 12.7. The Balaban J connectivity index is 1.47. The van der Waals surface area contributed by atoms with Crippen molar-refractivity contribution in [3.63, 3.8) is 0 Å². The van der Waals surface area contributed by atoms with Crippen LogP contribution in [0.3, 0.4) is 0 Å². The molecule has 1 aliphatic heterocycles. The Morgan fingerprint density at radius 1 is 1.19 bits per heavy atom. The van der Waals surface area contributed by atoms with Crippen LogP contribution in [0.15, 0.2) is 36.4 Å². The molecule has 0 saturated carbocycles. The maximum absolute atomic E-state index is 12.7. The van der Waals surface area contributed by atoms with Crippen molar-refractivity contribution in [2.45, 2.75) is 19.3 Å². The molecule has 0 spiro atoms. The molecule has 2 heterocycles. The number of nitrogens with one attached hydrogen (secondary N) is 1. The molecule has 32 heavy (non-hydrogen) atoms. The molecule has 2 amide bonds. The minimum Gasteiger partial charge on any atom is -0.497 e. The van der Waals surface area contributed by atoms with Crippen LogP contribution in [0.25, 0.3) is 0 Å². The molecule has 8 nitrogen and oxygen atoms in total. The fraction of sp³-hybridized carbons (Fsp3) is 0.273. The second-order valence-corrected chi connectivity index (χ2v) is 8.72. The highest BCUT2D eigenvalue weighted by molar-refractivity contribution is 7.15. The molecule has 1 saturated heterocycles. The van der Waals surface area contributed by atoms with Gasteiger partial charge >= 0.3 is 0 Å². The van der Waals surface area contributed by atoms with Gasteiger partial charge in [0.2, 0.25) is 11.0 Å². The number of ether oxygens (including phenoxy) is 2. The van der Waals surface area contributed by atoms with E-state index in [9.17, 15) is 9.59 Å². The number of aryl methyl sites for hydroxylation is 1. The average molecular weight is 473 g/mol. The van der Waals surface area contributed by atoms with Crippen molar-refractivity contribution in [3.8, 4) is 11.5 Å². The number of rotatable bonds is 6. The molecular formula is C22H21ClN4O4S. The first-order valence-electron chi connectivity index (χ1n) is 9.83. The largest absolute Gasteiger partial charge is 0.497 e. The van der Waals surface area contributed by atoms with Crippen molar-refractivity contribution >= 4 is 45.6 Å². The van der Waals surface area contributed by atoms with E-state index in [1.807, 2.05) is 19.1 Å². The summed E-state index contributed by atoms with van der Waals surface area (Å²) in [5.74, 6) is 0.493. The number of anilines is 2. The molecule has 1 atom stereocenters. The van der Waals surface area contributed by atoms with E-state index < -0.39 is 0 Å². The molecule has 0 aliphatic carbocycles. The van der Waals surface area contributed by atoms with Gasteiger partial charge in [0, 0.05) is 35.7 Å². The second-order valence-electron chi connectivity index (χ2n) is 7.30. The third kappa shape index (κ3) is 4.39. The van der Waals surface area contributed by atoms with Crippen molar-refractivity contribution in [2.24, 2.45) is 0 Å². The van der Waals surface area contributed by atoms with E-state index in [0.29, 0.717) is 45.2 Å². The zero-order valence-corrected chi connectivity index (χ0v) is 19.3. The molecule has 10 heteroatoms. The van der Waals surface area contributed by atoms with E-state index >= 15 is 0 Å². The van der Waals surface area contributed by atoms with Crippen molar-refractivity contribution in [2.75, 3.05) is 31.0 Å². The van der Waals surface area contributed by atoms with Gasteiger partial charge in [0.15, 0.2) is 0 Å². The van der Waals surface area contributed by atoms with Crippen LogP contribution in [0, 0.1) is 6.92 Å². The SMILES string of the molecule is COc1ccc(C(=O)Nc2nnc([C@@H]3CC(=O)N(c4ccc(C)c(Cl)c4)C3)s2)c(OC)c1. The number of halogens is 1. The first-order chi connectivity index (χ1) is 15.4. The summed E-state index contributed by atoms with van der Waals surface area (Å²) >= 11 is 7.47. The highest BCUT2D eigenvalue weighted by atomic mass is 35.5. The van der Waals surface area contributed by atoms with E-state index in [4.69, 9.17) is 21.1 Å². The molecule has 1 aliphatic rings. The van der Waals surface area contributed by atoms with Crippen LogP contribution < -0.4 is 19.7 Å². The number of carbonyl (C=O) groups excluding carboxylic acids is 2. The quantitative estimate of drug-likeness (QED) is 0.575. The number of carbonyl (C=O) groups is 2. The van der Waals surface area contributed by atoms with E-state index in [2.05, 4.69) is 15.5 Å². The van der Waals surface area contributed by atoms with E-state index in [1.54, 1.807) is 36.3 Å². The summed E-state index contributed by atoms with van der Waals surface area (Å²) in [6.45, 7) is 2.40. The van der Waals surface area contributed by atoms with Gasteiger partial charge in [-0.1, -0.05) is 29.0 Å². The number of benzene rings is 2. The first kappa shape index (κ1) is 22.0. The third-order valence-electron chi connectivity index (χ3n) is 5.26. The van der Waals surface area contributed by atoms with Gasteiger partial charge in [0.25, 0.3) is 5.91 Å². The third-order valence-corrected chi connectivity index (χ3v) is 6.66. The van der Waals surface area contributed by atoms with E-state index in [0.717, 1.165) is 11.3 Å². The minimum absolute atomic E-state index is 0.00123. The van der Waals surface area contributed by atoms with E-state index in [1.165, 1.54) is 18.4 Å². The summed E-state index contributed by atoms with van der Waals surface area (Å²) in [5.41, 5.74) is 2.07. The number of amides is 2. The van der Waals surface area contributed by atoms with Gasteiger partial charge in [-0.05, 0) is 36.8 Å². The summed E-state index contributed by atoms with van der Waals surface area (Å²) < 4.78 is 10.4. The van der Waals surface area contributed by atoms with Crippen LogP contribution in [-0.4, -0.2) is 42.8 Å². The van der Waals surface area contributed by atoms with Gasteiger partial charge in [-0.15, -0.1) is 10.2 Å². The molecular weight excluding hydrogens is 452 g/mol. The topological polar surface area (TPSA) is 93.7 Å². The van der Waals surface area contributed by atoms with Crippen LogP contribution >= 0.6 is 22.9 Å². The molecule has 0 unspecified atom stereocenters. The standard InChI is InChI=1S/C22H21ClN4O4S/c1-12-4-5-14(9-17(12)23)27-11-13(8-19(27)28)21-25-26-22(32-21)24-20(29)16-7-6-15(30-2)10-18(16)31-3/h4-7,9-10,13H,8,11H2,1-3H3,(H,24,26,29)/t13-/m1/s1. The monoisotopic (exact) mass is 472 g/mol. The predicted molar refractivity (Wildman–Crippen MR) is 123 cm³/mol. The summed E-state index contributed by atoms with van der Waals surface area (Å²) in [7, 11) is 3.03. The lowest BCUT2D eigenvalue weighted by atomic mass is 10.1. The summed E-state index contributed by atoms with van der Waals surface area (Å²) in [6.07, 6.45) is 0.320. The smallest absolute Gasteiger partial charge is 0.261 e. The summed E-state index contributed by atoms with van der Waals surface area (Å²) in [6, 6.07) is 10.5. The minimum atomic E-state index is -0.370. The zero-order chi connectivity index (χ0) is 22.8. The number of hydrogen-bond acceptors (Lipinski definition) is 7. The fourth-order valence-corrected chi connectivity index (χ4v) is 4.48. The molecule has 1 fully saturated rings. The molecule has 1 aromatic heterocycles. The molecule has 1 N–H and O–H groups in total. The maximum Gasteiger partial charge on any atom is 0.261 e. The number of nitrogens with zero attached hydrogens (tertiary/aromatic N) is 3.